The van der Waals surface area contributed by atoms with E-state index in [1.54, 1.807) is 23.2 Å². The highest BCUT2D eigenvalue weighted by Gasteiger charge is 2.42. The molecule has 1 aliphatic rings. The molecule has 3 unspecified atom stereocenters. The Hall–Kier alpha value is -1.36. The number of carbonyl (C=O) groups is 2. The molecule has 1 fully saturated rings. The molecule has 0 bridgehead atoms. The van der Waals surface area contributed by atoms with Crippen molar-refractivity contribution in [3.8, 4) is 0 Å². The molecule has 0 aliphatic carbocycles. The monoisotopic (exact) mass is 294 g/mol. The van der Waals surface area contributed by atoms with E-state index in [2.05, 4.69) is 11.4 Å². The topological polar surface area (TPSA) is 49.4 Å². The second-order valence-electron chi connectivity index (χ2n) is 5.80. The van der Waals surface area contributed by atoms with Crippen LogP contribution >= 0.6 is 11.3 Å². The Kier molecular flexibility index (Phi) is 4.48. The van der Waals surface area contributed by atoms with Gasteiger partial charge in [0.1, 0.15) is 12.1 Å². The predicted molar refractivity (Wildman–Crippen MR) is 80.6 cm³/mol. The van der Waals surface area contributed by atoms with Crippen molar-refractivity contribution in [2.45, 2.75) is 52.2 Å². The molecule has 0 saturated carbocycles. The SMILES string of the molecule is CC1NC(=O)C(C(C)C)N(C(C)Cc2cccs2)C1=O. The van der Waals surface area contributed by atoms with Crippen LogP contribution in [-0.4, -0.2) is 34.8 Å². The third kappa shape index (κ3) is 2.87. The smallest absolute Gasteiger partial charge is 0.245 e. The Bertz CT molecular complexity index is 484. The molecule has 2 rings (SSSR count). The highest BCUT2D eigenvalue weighted by Crippen LogP contribution is 2.23. The maximum absolute atomic E-state index is 12.5. The molecule has 0 spiro atoms. The summed E-state index contributed by atoms with van der Waals surface area (Å²) < 4.78 is 0. The summed E-state index contributed by atoms with van der Waals surface area (Å²) in [5.41, 5.74) is 0. The fourth-order valence-corrected chi connectivity index (χ4v) is 3.61. The standard InChI is InChI=1S/C15H22N2O2S/c1-9(2)13-14(18)16-11(4)15(19)17(13)10(3)8-12-6-5-7-20-12/h5-7,9-11,13H,8H2,1-4H3,(H,16,18). The van der Waals surface area contributed by atoms with Crippen molar-refractivity contribution in [1.29, 1.82) is 0 Å². The van der Waals surface area contributed by atoms with Crippen molar-refractivity contribution in [2.24, 2.45) is 5.92 Å². The zero-order chi connectivity index (χ0) is 14.9. The Morgan fingerprint density at radius 1 is 1.35 bits per heavy atom. The van der Waals surface area contributed by atoms with E-state index >= 15 is 0 Å². The van der Waals surface area contributed by atoms with Gasteiger partial charge < -0.3 is 10.2 Å². The van der Waals surface area contributed by atoms with Crippen LogP contribution in [-0.2, 0) is 16.0 Å². The van der Waals surface area contributed by atoms with E-state index < -0.39 is 6.04 Å². The molecule has 5 heteroatoms. The zero-order valence-electron chi connectivity index (χ0n) is 12.4. The number of hydrogen-bond acceptors (Lipinski definition) is 3. The summed E-state index contributed by atoms with van der Waals surface area (Å²) in [7, 11) is 0. The molecule has 4 nitrogen and oxygen atoms in total. The first-order valence-corrected chi connectivity index (χ1v) is 7.94. The van der Waals surface area contributed by atoms with Gasteiger partial charge in [-0.1, -0.05) is 19.9 Å². The minimum Gasteiger partial charge on any atom is -0.343 e. The van der Waals surface area contributed by atoms with Gasteiger partial charge in [0.25, 0.3) is 0 Å². The molecule has 1 aromatic rings. The van der Waals surface area contributed by atoms with E-state index in [1.807, 2.05) is 32.2 Å². The average molecular weight is 294 g/mol. The minimum atomic E-state index is -0.428. The first-order chi connectivity index (χ1) is 9.41. The molecule has 0 aromatic carbocycles. The second kappa shape index (κ2) is 5.95. The fraction of sp³-hybridized carbons (Fsp3) is 0.600. The maximum Gasteiger partial charge on any atom is 0.245 e. The van der Waals surface area contributed by atoms with E-state index in [0.29, 0.717) is 0 Å². The lowest BCUT2D eigenvalue weighted by atomic mass is 9.95. The normalized spacial score (nSPS) is 24.9. The molecule has 3 atom stereocenters. The Labute approximate surface area is 124 Å². The largest absolute Gasteiger partial charge is 0.343 e. The number of amides is 2. The van der Waals surface area contributed by atoms with Gasteiger partial charge in [-0.3, -0.25) is 9.59 Å². The summed E-state index contributed by atoms with van der Waals surface area (Å²) in [5.74, 6) is 0.0923. The second-order valence-corrected chi connectivity index (χ2v) is 6.83. The van der Waals surface area contributed by atoms with Crippen LogP contribution in [0.5, 0.6) is 0 Å². The summed E-state index contributed by atoms with van der Waals surface area (Å²) in [5, 5.41) is 4.81. The fourth-order valence-electron chi connectivity index (χ4n) is 2.78. The van der Waals surface area contributed by atoms with Gasteiger partial charge in [0, 0.05) is 17.3 Å². The number of thiophene rings is 1. The van der Waals surface area contributed by atoms with Gasteiger partial charge in [-0.2, -0.15) is 0 Å². The lowest BCUT2D eigenvalue weighted by Crippen LogP contribution is -2.66. The van der Waals surface area contributed by atoms with Crippen LogP contribution < -0.4 is 5.32 Å². The van der Waals surface area contributed by atoms with Gasteiger partial charge in [0.05, 0.1) is 0 Å². The molecule has 0 radical (unpaired) electrons. The number of nitrogens with one attached hydrogen (secondary N) is 1. The van der Waals surface area contributed by atoms with Crippen LogP contribution in [0, 0.1) is 5.92 Å². The van der Waals surface area contributed by atoms with Gasteiger partial charge in [-0.15, -0.1) is 11.3 Å². The number of rotatable bonds is 4. The van der Waals surface area contributed by atoms with Crippen LogP contribution in [0.25, 0.3) is 0 Å². The third-order valence-electron chi connectivity index (χ3n) is 3.74. The highest BCUT2D eigenvalue weighted by molar-refractivity contribution is 7.09. The van der Waals surface area contributed by atoms with Gasteiger partial charge >= 0.3 is 0 Å². The lowest BCUT2D eigenvalue weighted by Gasteiger charge is -2.43. The van der Waals surface area contributed by atoms with Gasteiger partial charge in [-0.05, 0) is 31.2 Å². The number of piperazine rings is 1. The van der Waals surface area contributed by atoms with Gasteiger partial charge in [0.2, 0.25) is 11.8 Å². The summed E-state index contributed by atoms with van der Waals surface area (Å²) in [6, 6.07) is 3.32. The van der Waals surface area contributed by atoms with E-state index in [1.165, 1.54) is 4.88 Å². The summed E-state index contributed by atoms with van der Waals surface area (Å²) in [4.78, 5) is 27.7. The van der Waals surface area contributed by atoms with E-state index in [9.17, 15) is 9.59 Å². The molecule has 1 aromatic heterocycles. The van der Waals surface area contributed by atoms with Gasteiger partial charge in [0.15, 0.2) is 0 Å². The number of carbonyl (C=O) groups excluding carboxylic acids is 2. The Morgan fingerprint density at radius 3 is 2.60 bits per heavy atom. The molecule has 2 amide bonds. The van der Waals surface area contributed by atoms with Crippen molar-refractivity contribution >= 4 is 23.2 Å². The first kappa shape index (κ1) is 15.0. The van der Waals surface area contributed by atoms with E-state index in [0.717, 1.165) is 6.42 Å². The minimum absolute atomic E-state index is 0.0207. The maximum atomic E-state index is 12.5. The lowest BCUT2D eigenvalue weighted by molar-refractivity contribution is -0.153. The molecule has 1 N–H and O–H groups in total. The van der Waals surface area contributed by atoms with Crippen molar-refractivity contribution in [3.63, 3.8) is 0 Å². The zero-order valence-corrected chi connectivity index (χ0v) is 13.2. The number of hydrogen-bond donors (Lipinski definition) is 1. The molecule has 110 valence electrons. The van der Waals surface area contributed by atoms with Crippen LogP contribution in [0.1, 0.15) is 32.6 Å². The molecule has 1 aliphatic heterocycles. The summed E-state index contributed by atoms with van der Waals surface area (Å²) >= 11 is 1.69. The van der Waals surface area contributed by atoms with Crippen LogP contribution in [0.2, 0.25) is 0 Å². The highest BCUT2D eigenvalue weighted by atomic mass is 32.1. The molecule has 2 heterocycles. The van der Waals surface area contributed by atoms with Crippen LogP contribution in [0.3, 0.4) is 0 Å². The molecular weight excluding hydrogens is 272 g/mol. The molecule has 20 heavy (non-hydrogen) atoms. The third-order valence-corrected chi connectivity index (χ3v) is 4.63. The molecule has 1 saturated heterocycles. The first-order valence-electron chi connectivity index (χ1n) is 7.06. The average Bonchev–Trinajstić information content (AvgIpc) is 2.85. The van der Waals surface area contributed by atoms with Crippen molar-refractivity contribution in [2.75, 3.05) is 0 Å². The Morgan fingerprint density at radius 2 is 2.05 bits per heavy atom. The van der Waals surface area contributed by atoms with Crippen molar-refractivity contribution in [1.82, 2.24) is 10.2 Å². The summed E-state index contributed by atoms with van der Waals surface area (Å²) in [6.07, 6.45) is 0.798. The molecular formula is C15H22N2O2S. The van der Waals surface area contributed by atoms with Gasteiger partial charge in [-0.25, -0.2) is 0 Å². The quantitative estimate of drug-likeness (QED) is 0.924. The van der Waals surface area contributed by atoms with E-state index in [4.69, 9.17) is 0 Å². The van der Waals surface area contributed by atoms with Crippen molar-refractivity contribution in [3.05, 3.63) is 22.4 Å². The number of nitrogens with zero attached hydrogens (tertiary/aromatic N) is 1. The predicted octanol–water partition coefficient (Wildman–Crippen LogP) is 2.05. The Balaban J connectivity index is 2.23. The summed E-state index contributed by atoms with van der Waals surface area (Å²) in [6.45, 7) is 7.75. The van der Waals surface area contributed by atoms with E-state index in [-0.39, 0.29) is 29.8 Å². The van der Waals surface area contributed by atoms with Crippen molar-refractivity contribution < 1.29 is 9.59 Å². The van der Waals surface area contributed by atoms with Crippen LogP contribution in [0.15, 0.2) is 17.5 Å². The van der Waals surface area contributed by atoms with Crippen LogP contribution in [0.4, 0.5) is 0 Å².